The lowest BCUT2D eigenvalue weighted by Crippen LogP contribution is -2.14. The van der Waals surface area contributed by atoms with E-state index in [0.29, 0.717) is 5.69 Å². The Kier molecular flexibility index (Phi) is 3.19. The minimum atomic E-state index is -0.934. The Morgan fingerprint density at radius 1 is 1.21 bits per heavy atom. The largest absolute Gasteiger partial charge is 0.438 e. The first kappa shape index (κ1) is 12.6. The van der Waals surface area contributed by atoms with Crippen LogP contribution in [0.1, 0.15) is 10.4 Å². The normalized spacial score (nSPS) is 10.2. The van der Waals surface area contributed by atoms with Crippen molar-refractivity contribution in [2.24, 2.45) is 5.73 Å². The highest BCUT2D eigenvalue weighted by Crippen LogP contribution is 2.27. The van der Waals surface area contributed by atoms with Crippen LogP contribution in [0, 0.1) is 5.82 Å². The Labute approximate surface area is 108 Å². The maximum Gasteiger partial charge on any atom is 0.255 e. The fourth-order valence-electron chi connectivity index (χ4n) is 1.47. The van der Waals surface area contributed by atoms with Gasteiger partial charge in [-0.05, 0) is 18.2 Å². The van der Waals surface area contributed by atoms with Crippen LogP contribution in [-0.2, 0) is 0 Å². The number of carbonyl (C=O) groups excluding carboxylic acids is 1. The van der Waals surface area contributed by atoms with Crippen molar-refractivity contribution in [1.82, 2.24) is 4.98 Å². The van der Waals surface area contributed by atoms with Crippen molar-refractivity contribution in [1.29, 1.82) is 0 Å². The van der Waals surface area contributed by atoms with Gasteiger partial charge in [-0.25, -0.2) is 4.39 Å². The molecule has 0 radical (unpaired) electrons. The monoisotopic (exact) mass is 262 g/mol. The van der Waals surface area contributed by atoms with Crippen LogP contribution in [0.4, 0.5) is 15.9 Å². The molecule has 0 spiro atoms. The fourth-order valence-corrected chi connectivity index (χ4v) is 1.47. The summed E-state index contributed by atoms with van der Waals surface area (Å²) in [7, 11) is 0. The zero-order valence-electron chi connectivity index (χ0n) is 9.76. The van der Waals surface area contributed by atoms with Crippen LogP contribution in [0.2, 0.25) is 0 Å². The predicted molar refractivity (Wildman–Crippen MR) is 68.1 cm³/mol. The highest BCUT2D eigenvalue weighted by atomic mass is 19.1. The molecule has 1 aromatic heterocycles. The van der Waals surface area contributed by atoms with E-state index in [0.717, 1.165) is 6.07 Å². The molecule has 6 N–H and O–H groups in total. The predicted octanol–water partition coefficient (Wildman–Crippen LogP) is 1.28. The number of hydrogen-bond donors (Lipinski definition) is 3. The molecule has 2 aromatic rings. The molecule has 0 atom stereocenters. The lowest BCUT2D eigenvalue weighted by molar-refractivity contribution is 0.0994. The van der Waals surface area contributed by atoms with Gasteiger partial charge in [-0.2, -0.15) is 4.98 Å². The number of nitrogens with zero attached hydrogens (tertiary/aromatic N) is 1. The van der Waals surface area contributed by atoms with E-state index in [-0.39, 0.29) is 23.0 Å². The summed E-state index contributed by atoms with van der Waals surface area (Å²) in [6, 6.07) is 6.83. The van der Waals surface area contributed by atoms with Gasteiger partial charge < -0.3 is 21.9 Å². The van der Waals surface area contributed by atoms with Crippen molar-refractivity contribution in [2.75, 3.05) is 11.5 Å². The average Bonchev–Trinajstić information content (AvgIpc) is 2.33. The summed E-state index contributed by atoms with van der Waals surface area (Å²) >= 11 is 0. The number of nitrogens with two attached hydrogens (primary N) is 3. The summed E-state index contributed by atoms with van der Waals surface area (Å²) in [5.74, 6) is -1.58. The first-order chi connectivity index (χ1) is 8.99. The topological polar surface area (TPSA) is 117 Å². The van der Waals surface area contributed by atoms with Gasteiger partial charge in [0.1, 0.15) is 17.1 Å². The number of carbonyl (C=O) groups is 1. The van der Waals surface area contributed by atoms with Gasteiger partial charge >= 0.3 is 0 Å². The Morgan fingerprint density at radius 3 is 2.58 bits per heavy atom. The Morgan fingerprint density at radius 2 is 1.95 bits per heavy atom. The van der Waals surface area contributed by atoms with Gasteiger partial charge in [0.15, 0.2) is 5.82 Å². The molecule has 19 heavy (non-hydrogen) atoms. The van der Waals surface area contributed by atoms with Gasteiger partial charge in [-0.15, -0.1) is 0 Å². The minimum absolute atomic E-state index is 0.0378. The summed E-state index contributed by atoms with van der Waals surface area (Å²) < 4.78 is 18.8. The first-order valence-electron chi connectivity index (χ1n) is 5.27. The second-order valence-electron chi connectivity index (χ2n) is 3.70. The molecule has 0 fully saturated rings. The third-order valence-electron chi connectivity index (χ3n) is 2.37. The maximum absolute atomic E-state index is 13.5. The van der Waals surface area contributed by atoms with Crippen molar-refractivity contribution >= 4 is 17.4 Å². The van der Waals surface area contributed by atoms with Crippen molar-refractivity contribution in [3.63, 3.8) is 0 Å². The molecule has 7 heteroatoms. The third kappa shape index (κ3) is 2.54. The summed E-state index contributed by atoms with van der Waals surface area (Å²) in [5.41, 5.74) is 16.1. The van der Waals surface area contributed by atoms with Crippen LogP contribution in [-0.4, -0.2) is 10.9 Å². The molecule has 1 aromatic carbocycles. The second kappa shape index (κ2) is 4.81. The second-order valence-corrected chi connectivity index (χ2v) is 3.70. The number of nitrogen functional groups attached to an aromatic ring is 2. The summed E-state index contributed by atoms with van der Waals surface area (Å²) in [4.78, 5) is 15.0. The maximum atomic E-state index is 13.5. The number of amides is 1. The summed E-state index contributed by atoms with van der Waals surface area (Å²) in [6.07, 6.45) is 0. The number of ether oxygens (including phenoxy) is 1. The molecule has 0 bridgehead atoms. The lowest BCUT2D eigenvalue weighted by atomic mass is 10.2. The Bertz CT molecular complexity index is 646. The van der Waals surface area contributed by atoms with E-state index in [1.165, 1.54) is 24.3 Å². The van der Waals surface area contributed by atoms with Crippen molar-refractivity contribution in [3.05, 3.63) is 41.7 Å². The standard InChI is InChI=1S/C12H11FN4O2/c13-6-2-1-3-8(10(6)12(16)18)19-9-5-4-7(14)11(15)17-9/h1-5H,14H2,(H2,15,17)(H2,16,18). The molecule has 0 aliphatic carbocycles. The zero-order valence-corrected chi connectivity index (χ0v) is 9.76. The van der Waals surface area contributed by atoms with Gasteiger partial charge in [0.2, 0.25) is 5.88 Å². The molecule has 0 saturated carbocycles. The van der Waals surface area contributed by atoms with Crippen LogP contribution in [0.5, 0.6) is 11.6 Å². The van der Waals surface area contributed by atoms with Crippen LogP contribution in [0.15, 0.2) is 30.3 Å². The number of benzene rings is 1. The highest BCUT2D eigenvalue weighted by Gasteiger charge is 2.16. The third-order valence-corrected chi connectivity index (χ3v) is 2.37. The SMILES string of the molecule is NC(=O)c1c(F)cccc1Oc1ccc(N)c(N)n1. The summed E-state index contributed by atoms with van der Waals surface area (Å²) in [6.45, 7) is 0. The van der Waals surface area contributed by atoms with Gasteiger partial charge in [0.05, 0.1) is 5.69 Å². The number of primary amides is 1. The average molecular weight is 262 g/mol. The number of hydrogen-bond acceptors (Lipinski definition) is 5. The van der Waals surface area contributed by atoms with Crippen molar-refractivity contribution in [3.8, 4) is 11.6 Å². The van der Waals surface area contributed by atoms with E-state index in [1.807, 2.05) is 0 Å². The highest BCUT2D eigenvalue weighted by molar-refractivity contribution is 5.96. The van der Waals surface area contributed by atoms with Crippen LogP contribution in [0.3, 0.4) is 0 Å². The Hall–Kier alpha value is -2.83. The first-order valence-corrected chi connectivity index (χ1v) is 5.27. The molecule has 0 aliphatic rings. The van der Waals surface area contributed by atoms with Crippen LogP contribution in [0.25, 0.3) is 0 Å². The molecule has 1 amide bonds. The van der Waals surface area contributed by atoms with Crippen LogP contribution >= 0.6 is 0 Å². The van der Waals surface area contributed by atoms with E-state index >= 15 is 0 Å². The van der Waals surface area contributed by atoms with Gasteiger partial charge in [0, 0.05) is 6.07 Å². The molecule has 0 unspecified atom stereocenters. The fraction of sp³-hybridized carbons (Fsp3) is 0. The van der Waals surface area contributed by atoms with Crippen molar-refractivity contribution < 1.29 is 13.9 Å². The number of halogens is 1. The number of aromatic nitrogens is 1. The molecule has 6 nitrogen and oxygen atoms in total. The molecule has 98 valence electrons. The van der Waals surface area contributed by atoms with Gasteiger partial charge in [-0.1, -0.05) is 6.07 Å². The molecule has 0 saturated heterocycles. The molecular formula is C12H11FN4O2. The van der Waals surface area contributed by atoms with E-state index in [9.17, 15) is 9.18 Å². The molecular weight excluding hydrogens is 251 g/mol. The minimum Gasteiger partial charge on any atom is -0.438 e. The zero-order chi connectivity index (χ0) is 14.0. The summed E-state index contributed by atoms with van der Waals surface area (Å²) in [5, 5.41) is 0. The van der Waals surface area contributed by atoms with E-state index in [1.54, 1.807) is 0 Å². The van der Waals surface area contributed by atoms with E-state index in [4.69, 9.17) is 21.9 Å². The molecule has 2 rings (SSSR count). The molecule has 1 heterocycles. The number of pyridine rings is 1. The van der Waals surface area contributed by atoms with Crippen molar-refractivity contribution in [2.45, 2.75) is 0 Å². The number of rotatable bonds is 3. The smallest absolute Gasteiger partial charge is 0.255 e. The quantitative estimate of drug-likeness (QED) is 0.770. The van der Waals surface area contributed by atoms with Gasteiger partial charge in [0.25, 0.3) is 5.91 Å². The Balaban J connectivity index is 2.40. The van der Waals surface area contributed by atoms with Gasteiger partial charge in [-0.3, -0.25) is 4.79 Å². The van der Waals surface area contributed by atoms with E-state index < -0.39 is 11.7 Å². The number of anilines is 2. The lowest BCUT2D eigenvalue weighted by Gasteiger charge is -2.09. The van der Waals surface area contributed by atoms with E-state index in [2.05, 4.69) is 4.98 Å². The van der Waals surface area contributed by atoms with Crippen LogP contribution < -0.4 is 21.9 Å². The molecule has 0 aliphatic heterocycles.